The van der Waals surface area contributed by atoms with Crippen LogP contribution in [0.3, 0.4) is 0 Å². The Kier molecular flexibility index (Phi) is 4.47. The van der Waals surface area contributed by atoms with Crippen molar-refractivity contribution in [3.63, 3.8) is 0 Å². The quantitative estimate of drug-likeness (QED) is 0.403. The van der Waals surface area contributed by atoms with Crippen molar-refractivity contribution < 1.29 is 4.92 Å². The van der Waals surface area contributed by atoms with Crippen molar-refractivity contribution in [1.29, 1.82) is 0 Å². The van der Waals surface area contributed by atoms with Crippen LogP contribution in [0.5, 0.6) is 0 Å². The molecule has 29 heavy (non-hydrogen) atoms. The largest absolute Gasteiger partial charge is 0.323 e. The first kappa shape index (κ1) is 18.2. The molecule has 9 nitrogen and oxygen atoms in total. The molecule has 0 radical (unpaired) electrons. The van der Waals surface area contributed by atoms with Crippen molar-refractivity contribution in [2.45, 2.75) is 13.8 Å². The minimum atomic E-state index is -0.469. The van der Waals surface area contributed by atoms with E-state index >= 15 is 0 Å². The lowest BCUT2D eigenvalue weighted by atomic mass is 10.0. The number of nitrogens with zero attached hydrogens (tertiary/aromatic N) is 4. The zero-order chi connectivity index (χ0) is 20.5. The number of hydrogen-bond donors (Lipinski definition) is 2. The van der Waals surface area contributed by atoms with Gasteiger partial charge in [-0.1, -0.05) is 6.07 Å². The molecule has 0 unspecified atom stereocenters. The number of rotatable bonds is 4. The molecule has 0 spiro atoms. The van der Waals surface area contributed by atoms with Crippen molar-refractivity contribution >= 4 is 28.2 Å². The van der Waals surface area contributed by atoms with Gasteiger partial charge >= 0.3 is 0 Å². The number of fused-ring (bicyclic) bond motifs is 1. The molecule has 3 heterocycles. The summed E-state index contributed by atoms with van der Waals surface area (Å²) in [6.45, 7) is 3.71. The summed E-state index contributed by atoms with van der Waals surface area (Å²) in [5, 5.41) is 14.6. The van der Waals surface area contributed by atoms with Crippen LogP contribution in [-0.2, 0) is 0 Å². The van der Waals surface area contributed by atoms with E-state index in [1.54, 1.807) is 18.3 Å². The number of aryl methyl sites for hydroxylation is 2. The first-order valence-electron chi connectivity index (χ1n) is 8.76. The minimum absolute atomic E-state index is 0.0472. The molecular weight excluding hydrogens is 372 g/mol. The maximum absolute atomic E-state index is 12.6. The van der Waals surface area contributed by atoms with Gasteiger partial charge in [-0.05, 0) is 37.6 Å². The highest BCUT2D eigenvalue weighted by molar-refractivity contribution is 5.83. The molecule has 0 amide bonds. The van der Waals surface area contributed by atoms with Gasteiger partial charge in [0.1, 0.15) is 5.52 Å². The van der Waals surface area contributed by atoms with Crippen molar-refractivity contribution in [1.82, 2.24) is 19.9 Å². The predicted octanol–water partition coefficient (Wildman–Crippen LogP) is 3.65. The average molecular weight is 388 g/mol. The lowest BCUT2D eigenvalue weighted by Gasteiger charge is -2.08. The van der Waals surface area contributed by atoms with Gasteiger partial charge in [0.05, 0.1) is 16.8 Å². The highest BCUT2D eigenvalue weighted by Gasteiger charge is 2.13. The summed E-state index contributed by atoms with van der Waals surface area (Å²) in [6, 6.07) is 9.92. The third kappa shape index (κ3) is 3.65. The highest BCUT2D eigenvalue weighted by atomic mass is 16.6. The second kappa shape index (κ2) is 7.12. The van der Waals surface area contributed by atoms with E-state index in [4.69, 9.17) is 0 Å². The number of benzene rings is 1. The molecule has 4 rings (SSSR count). The lowest BCUT2D eigenvalue weighted by molar-refractivity contribution is -0.384. The van der Waals surface area contributed by atoms with Crippen molar-refractivity contribution in [3.8, 4) is 11.3 Å². The molecule has 0 saturated carbocycles. The second-order valence-corrected chi connectivity index (χ2v) is 6.58. The Labute approximate surface area is 164 Å². The fourth-order valence-electron chi connectivity index (χ4n) is 2.94. The number of aromatic amines is 1. The van der Waals surface area contributed by atoms with Gasteiger partial charge in [0.25, 0.3) is 11.2 Å². The topological polar surface area (TPSA) is 127 Å². The molecule has 0 fully saturated rings. The van der Waals surface area contributed by atoms with Crippen molar-refractivity contribution in [3.05, 3.63) is 80.5 Å². The zero-order valence-corrected chi connectivity index (χ0v) is 15.6. The first-order chi connectivity index (χ1) is 13.9. The van der Waals surface area contributed by atoms with Crippen molar-refractivity contribution in [2.24, 2.45) is 0 Å². The summed E-state index contributed by atoms with van der Waals surface area (Å²) in [7, 11) is 0. The number of pyridine rings is 2. The molecule has 0 aliphatic carbocycles. The molecule has 3 aromatic heterocycles. The summed E-state index contributed by atoms with van der Waals surface area (Å²) >= 11 is 0. The normalized spacial score (nSPS) is 10.8. The van der Waals surface area contributed by atoms with E-state index in [0.717, 1.165) is 11.3 Å². The molecule has 2 N–H and O–H groups in total. The molecule has 0 aliphatic heterocycles. The predicted molar refractivity (Wildman–Crippen MR) is 109 cm³/mol. The van der Waals surface area contributed by atoms with E-state index in [9.17, 15) is 14.9 Å². The molecule has 1 aromatic carbocycles. The molecule has 0 saturated heterocycles. The van der Waals surface area contributed by atoms with Gasteiger partial charge in [0, 0.05) is 40.7 Å². The van der Waals surface area contributed by atoms with Crippen LogP contribution in [0, 0.1) is 24.0 Å². The number of hydrogen-bond acceptors (Lipinski definition) is 7. The molecule has 9 heteroatoms. The monoisotopic (exact) mass is 388 g/mol. The van der Waals surface area contributed by atoms with Gasteiger partial charge in [0.15, 0.2) is 0 Å². The first-order valence-corrected chi connectivity index (χ1v) is 8.76. The smallest absolute Gasteiger partial charge is 0.275 e. The van der Waals surface area contributed by atoms with E-state index in [1.807, 2.05) is 26.0 Å². The maximum atomic E-state index is 12.6. The van der Waals surface area contributed by atoms with E-state index in [1.165, 1.54) is 18.3 Å². The number of nitro groups is 1. The van der Waals surface area contributed by atoms with Gasteiger partial charge in [-0.2, -0.15) is 0 Å². The van der Waals surface area contributed by atoms with Crippen LogP contribution in [0.4, 0.5) is 17.3 Å². The van der Waals surface area contributed by atoms with Gasteiger partial charge in [-0.15, -0.1) is 0 Å². The summed E-state index contributed by atoms with van der Waals surface area (Å²) in [6.07, 6.45) is 3.19. The van der Waals surface area contributed by atoms with Crippen LogP contribution in [0.2, 0.25) is 0 Å². The lowest BCUT2D eigenvalue weighted by Crippen LogP contribution is -2.11. The van der Waals surface area contributed by atoms with Gasteiger partial charge in [-0.25, -0.2) is 9.97 Å². The fourth-order valence-corrected chi connectivity index (χ4v) is 2.94. The Hall–Kier alpha value is -4.14. The Morgan fingerprint density at radius 2 is 1.90 bits per heavy atom. The second-order valence-electron chi connectivity index (χ2n) is 6.58. The van der Waals surface area contributed by atoms with Crippen LogP contribution in [0.15, 0.2) is 53.6 Å². The molecule has 144 valence electrons. The molecular formula is C20H16N6O3. The van der Waals surface area contributed by atoms with E-state index in [0.29, 0.717) is 22.3 Å². The molecule has 0 aliphatic rings. The van der Waals surface area contributed by atoms with Crippen LogP contribution in [0.1, 0.15) is 11.3 Å². The number of nitrogens with one attached hydrogen (secondary N) is 2. The van der Waals surface area contributed by atoms with Crippen LogP contribution < -0.4 is 10.9 Å². The number of aromatic nitrogens is 4. The van der Waals surface area contributed by atoms with E-state index < -0.39 is 10.5 Å². The molecule has 0 bridgehead atoms. The fraction of sp³-hybridized carbons (Fsp3) is 0.100. The number of nitro benzene ring substituents is 1. The SMILES string of the molecule is Cc1ccc(Nc2ncc3cc(-c4cc([N+](=O)[O-])ccc4C)[nH]c(=O)c3n2)cn1. The molecule has 4 aromatic rings. The standard InChI is InChI=1S/C20H16N6O3/c1-11-3-6-15(26(28)29)8-16(11)17-7-13-9-22-20(25-18(13)19(27)24-17)23-14-5-4-12(2)21-10-14/h3-10H,1-2H3,(H,24,27)(H,22,23,25). The van der Waals surface area contributed by atoms with Crippen LogP contribution >= 0.6 is 0 Å². The van der Waals surface area contributed by atoms with E-state index in [-0.39, 0.29) is 17.2 Å². The third-order valence-corrected chi connectivity index (χ3v) is 4.47. The van der Waals surface area contributed by atoms with E-state index in [2.05, 4.69) is 25.3 Å². The Balaban J connectivity index is 1.75. The van der Waals surface area contributed by atoms with Gasteiger partial charge in [-0.3, -0.25) is 19.9 Å². The molecule has 0 atom stereocenters. The number of anilines is 2. The van der Waals surface area contributed by atoms with Gasteiger partial charge < -0.3 is 10.3 Å². The van der Waals surface area contributed by atoms with Crippen LogP contribution in [0.25, 0.3) is 22.2 Å². The minimum Gasteiger partial charge on any atom is -0.323 e. The summed E-state index contributed by atoms with van der Waals surface area (Å²) in [4.78, 5) is 38.8. The number of non-ortho nitro benzene ring substituents is 1. The maximum Gasteiger partial charge on any atom is 0.275 e. The van der Waals surface area contributed by atoms with Crippen molar-refractivity contribution in [2.75, 3.05) is 5.32 Å². The number of H-pyrrole nitrogens is 1. The summed E-state index contributed by atoms with van der Waals surface area (Å²) in [5.74, 6) is 0.271. The Morgan fingerprint density at radius 1 is 1.07 bits per heavy atom. The Morgan fingerprint density at radius 3 is 2.62 bits per heavy atom. The average Bonchev–Trinajstić information content (AvgIpc) is 2.70. The highest BCUT2D eigenvalue weighted by Crippen LogP contribution is 2.27. The van der Waals surface area contributed by atoms with Gasteiger partial charge in [0.2, 0.25) is 5.95 Å². The van der Waals surface area contributed by atoms with Crippen LogP contribution in [-0.4, -0.2) is 24.9 Å². The Bertz CT molecular complexity index is 1300. The summed E-state index contributed by atoms with van der Waals surface area (Å²) < 4.78 is 0. The summed E-state index contributed by atoms with van der Waals surface area (Å²) in [5.41, 5.74) is 3.20. The zero-order valence-electron chi connectivity index (χ0n) is 15.6. The third-order valence-electron chi connectivity index (χ3n) is 4.47.